The normalized spacial score (nSPS) is 34.3. The Balaban J connectivity index is 1.01. The molecule has 0 aromatic heterocycles. The third-order valence-corrected chi connectivity index (χ3v) is 20.4. The minimum Gasteiger partial charge on any atom is -0.365 e. The van der Waals surface area contributed by atoms with Gasteiger partial charge in [0.05, 0.1) is 0 Å². The monoisotopic (exact) mass is 887 g/mol. The van der Waals surface area contributed by atoms with E-state index in [1.54, 1.807) is 22.4 Å². The molecule has 0 spiro atoms. The Morgan fingerprint density at radius 2 is 1.24 bits per heavy atom. The molecule has 0 N–H and O–H groups in total. The molecule has 13 rings (SSSR count). The van der Waals surface area contributed by atoms with E-state index in [2.05, 4.69) is 146 Å². The van der Waals surface area contributed by atoms with Gasteiger partial charge in [0.2, 0.25) is 0 Å². The largest absolute Gasteiger partial charge is 0.365 e. The molecule has 0 bridgehead atoms. The first kappa shape index (κ1) is 42.8. The summed E-state index contributed by atoms with van der Waals surface area (Å²) in [7, 11) is 0. The molecule has 0 amide bonds. The number of hydrogen-bond acceptors (Lipinski definition) is 2. The van der Waals surface area contributed by atoms with E-state index in [-0.39, 0.29) is 5.41 Å². The first-order valence-electron chi connectivity index (χ1n) is 28.0. The zero-order valence-electron chi connectivity index (χ0n) is 41.2. The Bertz CT molecular complexity index is 2540. The summed E-state index contributed by atoms with van der Waals surface area (Å²) in [5.41, 5.74) is 18.9. The molecule has 9 aliphatic rings. The molecule has 5 saturated carbocycles. The highest BCUT2D eigenvalue weighted by Crippen LogP contribution is 2.72. The molecular weight excluding hydrogens is 809 g/mol. The van der Waals surface area contributed by atoms with Crippen molar-refractivity contribution in [3.8, 4) is 11.1 Å². The maximum Gasteiger partial charge on any atom is 0.0410 e. The second-order valence-corrected chi connectivity index (χ2v) is 24.2. The fourth-order valence-electron chi connectivity index (χ4n) is 18.3. The number of benzene rings is 4. The van der Waals surface area contributed by atoms with E-state index < -0.39 is 0 Å². The molecule has 2 nitrogen and oxygen atoms in total. The van der Waals surface area contributed by atoms with Crippen LogP contribution < -0.4 is 9.80 Å². The summed E-state index contributed by atoms with van der Waals surface area (Å²) in [6, 6.07) is 37.3. The Hall–Kier alpha value is -4.30. The molecule has 9 aliphatic carbocycles. The van der Waals surface area contributed by atoms with Crippen molar-refractivity contribution in [2.45, 2.75) is 185 Å². The van der Waals surface area contributed by atoms with Crippen molar-refractivity contribution in [3.63, 3.8) is 0 Å². The van der Waals surface area contributed by atoms with Gasteiger partial charge in [-0.05, 0) is 199 Å². The molecule has 0 radical (unpaired) electrons. The third kappa shape index (κ3) is 6.89. The van der Waals surface area contributed by atoms with Crippen LogP contribution in [0.5, 0.6) is 0 Å². The molecule has 0 heterocycles. The van der Waals surface area contributed by atoms with Gasteiger partial charge in [0, 0.05) is 47.0 Å². The molecule has 2 heteroatoms. The summed E-state index contributed by atoms with van der Waals surface area (Å²) in [4.78, 5) is 5.96. The maximum atomic E-state index is 3.08. The molecule has 67 heavy (non-hydrogen) atoms. The molecule has 348 valence electrons. The minimum atomic E-state index is 0.250. The molecule has 0 saturated heterocycles. The van der Waals surface area contributed by atoms with Crippen LogP contribution in [0.1, 0.15) is 194 Å². The number of fused-ring (bicyclic) bond motifs is 6. The number of hydrogen-bond donors (Lipinski definition) is 0. The molecule has 4 aromatic carbocycles. The highest BCUT2D eigenvalue weighted by atomic mass is 15.2. The van der Waals surface area contributed by atoms with Crippen LogP contribution in [-0.2, 0) is 0 Å². The Morgan fingerprint density at radius 3 is 1.96 bits per heavy atom. The fourth-order valence-corrected chi connectivity index (χ4v) is 18.3. The zero-order chi connectivity index (χ0) is 44.8. The Labute approximate surface area is 404 Å². The lowest BCUT2D eigenvalue weighted by Crippen LogP contribution is -2.59. The van der Waals surface area contributed by atoms with Gasteiger partial charge in [0.1, 0.15) is 0 Å². The Kier molecular flexibility index (Phi) is 11.0. The van der Waals surface area contributed by atoms with Crippen LogP contribution in [0.15, 0.2) is 121 Å². The van der Waals surface area contributed by atoms with Crippen LogP contribution in [0, 0.1) is 35.0 Å². The number of para-hydroxylation sites is 2. The SMILES string of the molecule is CC1CCC(N(C2=CCCC3c4c(c(-c5ccccc5)c5c(c4C4CCCCC4)C4CCC(N(c6ccccc6)C6CCCCC6)C6(C)CC(C)CC5C46)C4=CC=CC2C43)c2ccccc2)C1. The second kappa shape index (κ2) is 17.3. The van der Waals surface area contributed by atoms with Gasteiger partial charge < -0.3 is 9.80 Å². The van der Waals surface area contributed by atoms with Gasteiger partial charge in [-0.1, -0.05) is 150 Å². The van der Waals surface area contributed by atoms with Crippen molar-refractivity contribution < 1.29 is 0 Å². The van der Waals surface area contributed by atoms with E-state index in [1.165, 1.54) is 139 Å². The van der Waals surface area contributed by atoms with Gasteiger partial charge in [0.25, 0.3) is 0 Å². The standard InChI is InChI=1S/C65H78N2/c1-42-35-36-49(39-42)66(46-25-13-6-14-26-46)55-34-20-33-52-59-50(55)31-19-32-51(59)61-58(45-23-11-5-12-24-45)63-54-40-43(2)41-65(3)56(67(47-27-15-7-16-28-47)48-29-17-8-18-30-48)38-37-53(64(54)65)62(63)57(60(52)61)44-21-9-4-10-22-44/h5-7,11-16,19,23-28,31-32,34,42-44,48-50,52-54,56,59,64H,4,8-10,17-18,20-22,29-30,33,35-41H2,1-3H3. The van der Waals surface area contributed by atoms with Gasteiger partial charge in [-0.15, -0.1) is 0 Å². The predicted molar refractivity (Wildman–Crippen MR) is 282 cm³/mol. The number of allylic oxidation sites excluding steroid dienone is 5. The van der Waals surface area contributed by atoms with Crippen molar-refractivity contribution in [2.75, 3.05) is 9.80 Å². The lowest BCUT2D eigenvalue weighted by Gasteiger charge is -2.60. The van der Waals surface area contributed by atoms with Crippen molar-refractivity contribution in [3.05, 3.63) is 149 Å². The van der Waals surface area contributed by atoms with Gasteiger partial charge in [-0.2, -0.15) is 0 Å². The summed E-state index contributed by atoms with van der Waals surface area (Å²) < 4.78 is 0. The second-order valence-electron chi connectivity index (χ2n) is 24.2. The fraction of sp³-hybridized carbons (Fsp3) is 0.538. The zero-order valence-corrected chi connectivity index (χ0v) is 41.2. The number of rotatable bonds is 8. The predicted octanol–water partition coefficient (Wildman–Crippen LogP) is 17.3. The first-order valence-corrected chi connectivity index (χ1v) is 28.0. The van der Waals surface area contributed by atoms with Crippen LogP contribution in [0.4, 0.5) is 11.4 Å². The first-order chi connectivity index (χ1) is 33.0. The van der Waals surface area contributed by atoms with Crippen LogP contribution in [-0.4, -0.2) is 18.1 Å². The molecule has 0 aliphatic heterocycles. The van der Waals surface area contributed by atoms with Crippen molar-refractivity contribution in [1.82, 2.24) is 0 Å². The quantitative estimate of drug-likeness (QED) is 0.174. The van der Waals surface area contributed by atoms with E-state index in [1.807, 2.05) is 22.3 Å². The van der Waals surface area contributed by atoms with E-state index in [9.17, 15) is 0 Å². The van der Waals surface area contributed by atoms with Crippen LogP contribution in [0.25, 0.3) is 16.7 Å². The van der Waals surface area contributed by atoms with Crippen molar-refractivity contribution in [1.29, 1.82) is 0 Å². The van der Waals surface area contributed by atoms with Crippen LogP contribution in [0.3, 0.4) is 0 Å². The minimum absolute atomic E-state index is 0.250. The van der Waals surface area contributed by atoms with Gasteiger partial charge in [0.15, 0.2) is 0 Å². The summed E-state index contributed by atoms with van der Waals surface area (Å²) in [6.07, 6.45) is 36.3. The maximum absolute atomic E-state index is 3.08. The van der Waals surface area contributed by atoms with Gasteiger partial charge >= 0.3 is 0 Å². The third-order valence-electron chi connectivity index (χ3n) is 20.4. The molecule has 11 atom stereocenters. The van der Waals surface area contributed by atoms with Crippen LogP contribution >= 0.6 is 0 Å². The number of anilines is 2. The van der Waals surface area contributed by atoms with E-state index >= 15 is 0 Å². The average molecular weight is 887 g/mol. The smallest absolute Gasteiger partial charge is 0.0410 e. The van der Waals surface area contributed by atoms with E-state index in [0.29, 0.717) is 65.5 Å². The summed E-state index contributed by atoms with van der Waals surface area (Å²) >= 11 is 0. The number of nitrogens with zero attached hydrogens (tertiary/aromatic N) is 2. The van der Waals surface area contributed by atoms with Gasteiger partial charge in [-0.25, -0.2) is 0 Å². The highest BCUT2D eigenvalue weighted by molar-refractivity contribution is 5.94. The summed E-state index contributed by atoms with van der Waals surface area (Å²) in [6.45, 7) is 8.02. The van der Waals surface area contributed by atoms with Crippen LogP contribution in [0.2, 0.25) is 0 Å². The van der Waals surface area contributed by atoms with Gasteiger partial charge in [-0.3, -0.25) is 0 Å². The topological polar surface area (TPSA) is 6.48 Å². The lowest BCUT2D eigenvalue weighted by molar-refractivity contribution is -0.00826. The molecular formula is C65H78N2. The van der Waals surface area contributed by atoms with Crippen molar-refractivity contribution in [2.24, 2.45) is 35.0 Å². The lowest BCUT2D eigenvalue weighted by atomic mass is 9.50. The van der Waals surface area contributed by atoms with Crippen molar-refractivity contribution >= 4 is 16.9 Å². The molecule has 4 aromatic rings. The van der Waals surface area contributed by atoms with E-state index in [0.717, 1.165) is 5.92 Å². The average Bonchev–Trinajstić information content (AvgIpc) is 4.00. The van der Waals surface area contributed by atoms with E-state index in [4.69, 9.17) is 0 Å². The molecule has 11 unspecified atom stereocenters. The molecule has 5 fully saturated rings. The summed E-state index contributed by atoms with van der Waals surface area (Å²) in [5.74, 6) is 5.57. The summed E-state index contributed by atoms with van der Waals surface area (Å²) in [5, 5.41) is 0. The Morgan fingerprint density at radius 1 is 0.552 bits per heavy atom. The highest BCUT2D eigenvalue weighted by Gasteiger charge is 2.62.